The standard InChI is InChI=1S/C19H17FN2O2/c1-12-21-16-11-15(6-7-17(16)24-12)22-18(23)19(8-3-9-19)13-4-2-5-14(20)10-13/h2,4-7,10-11H,3,8-9H2,1H3,(H,22,23). The number of halogens is 1. The Bertz CT molecular complexity index is 928. The Morgan fingerprint density at radius 2 is 2.08 bits per heavy atom. The Hall–Kier alpha value is -2.69. The summed E-state index contributed by atoms with van der Waals surface area (Å²) < 4.78 is 19.0. The van der Waals surface area contributed by atoms with Gasteiger partial charge in [-0.1, -0.05) is 18.6 Å². The molecule has 1 aliphatic carbocycles. The average Bonchev–Trinajstić information content (AvgIpc) is 2.85. The summed E-state index contributed by atoms with van der Waals surface area (Å²) in [4.78, 5) is 17.2. The number of fused-ring (bicyclic) bond motifs is 1. The van der Waals surface area contributed by atoms with Gasteiger partial charge in [0.15, 0.2) is 11.5 Å². The van der Waals surface area contributed by atoms with E-state index in [4.69, 9.17) is 4.42 Å². The second-order valence-electron chi connectivity index (χ2n) is 6.32. The molecule has 0 saturated heterocycles. The van der Waals surface area contributed by atoms with Gasteiger partial charge in [-0.25, -0.2) is 9.37 Å². The minimum absolute atomic E-state index is 0.0982. The van der Waals surface area contributed by atoms with Crippen LogP contribution in [0.3, 0.4) is 0 Å². The monoisotopic (exact) mass is 324 g/mol. The van der Waals surface area contributed by atoms with E-state index in [-0.39, 0.29) is 11.7 Å². The molecule has 0 atom stereocenters. The second kappa shape index (κ2) is 5.44. The van der Waals surface area contributed by atoms with Gasteiger partial charge in [-0.15, -0.1) is 0 Å². The van der Waals surface area contributed by atoms with E-state index in [1.165, 1.54) is 12.1 Å². The van der Waals surface area contributed by atoms with Crippen LogP contribution in [0.1, 0.15) is 30.7 Å². The van der Waals surface area contributed by atoms with Crippen molar-refractivity contribution in [2.45, 2.75) is 31.6 Å². The molecule has 0 bridgehead atoms. The highest BCUT2D eigenvalue weighted by molar-refractivity contribution is 6.00. The number of aryl methyl sites for hydroxylation is 1. The van der Waals surface area contributed by atoms with Crippen molar-refractivity contribution in [2.75, 3.05) is 5.32 Å². The fraction of sp³-hybridized carbons (Fsp3) is 0.263. The van der Waals surface area contributed by atoms with Crippen LogP contribution in [0.5, 0.6) is 0 Å². The van der Waals surface area contributed by atoms with Crippen molar-refractivity contribution in [1.29, 1.82) is 0 Å². The van der Waals surface area contributed by atoms with Crippen LogP contribution in [0, 0.1) is 12.7 Å². The van der Waals surface area contributed by atoms with Gasteiger partial charge in [0.2, 0.25) is 5.91 Å². The van der Waals surface area contributed by atoms with E-state index in [1.54, 1.807) is 31.2 Å². The number of anilines is 1. The number of nitrogens with zero attached hydrogens (tertiary/aromatic N) is 1. The number of amides is 1. The molecule has 2 aromatic carbocycles. The van der Waals surface area contributed by atoms with Crippen LogP contribution in [0.25, 0.3) is 11.1 Å². The number of oxazole rings is 1. The lowest BCUT2D eigenvalue weighted by Gasteiger charge is -2.40. The molecule has 1 saturated carbocycles. The Morgan fingerprint density at radius 3 is 2.79 bits per heavy atom. The summed E-state index contributed by atoms with van der Waals surface area (Å²) in [5.41, 5.74) is 2.16. The molecule has 3 aromatic rings. The summed E-state index contributed by atoms with van der Waals surface area (Å²) in [6, 6.07) is 11.7. The molecule has 1 heterocycles. The van der Waals surface area contributed by atoms with Crippen LogP contribution < -0.4 is 5.32 Å². The molecule has 0 aliphatic heterocycles. The molecule has 1 aromatic heterocycles. The first kappa shape index (κ1) is 14.9. The smallest absolute Gasteiger partial charge is 0.235 e. The van der Waals surface area contributed by atoms with Crippen LogP contribution in [0.2, 0.25) is 0 Å². The number of nitrogens with one attached hydrogen (secondary N) is 1. The fourth-order valence-electron chi connectivity index (χ4n) is 3.33. The number of benzene rings is 2. The Balaban J connectivity index is 1.63. The zero-order valence-electron chi connectivity index (χ0n) is 13.3. The third kappa shape index (κ3) is 2.37. The average molecular weight is 324 g/mol. The first-order chi connectivity index (χ1) is 11.6. The summed E-state index contributed by atoms with van der Waals surface area (Å²) in [5, 5.41) is 2.96. The predicted molar refractivity (Wildman–Crippen MR) is 89.3 cm³/mol. The molecule has 24 heavy (non-hydrogen) atoms. The summed E-state index contributed by atoms with van der Waals surface area (Å²) >= 11 is 0. The first-order valence-electron chi connectivity index (χ1n) is 8.02. The van der Waals surface area contributed by atoms with Gasteiger partial charge in [0, 0.05) is 12.6 Å². The van der Waals surface area contributed by atoms with E-state index in [0.29, 0.717) is 22.7 Å². The maximum Gasteiger partial charge on any atom is 0.235 e. The first-order valence-corrected chi connectivity index (χ1v) is 8.02. The van der Waals surface area contributed by atoms with Crippen LogP contribution in [0.4, 0.5) is 10.1 Å². The summed E-state index contributed by atoms with van der Waals surface area (Å²) in [6.07, 6.45) is 2.42. The molecular weight excluding hydrogens is 307 g/mol. The van der Waals surface area contributed by atoms with Crippen molar-refractivity contribution in [3.05, 3.63) is 59.7 Å². The number of carbonyl (C=O) groups excluding carboxylic acids is 1. The molecule has 4 nitrogen and oxygen atoms in total. The molecule has 1 amide bonds. The van der Waals surface area contributed by atoms with Crippen LogP contribution in [-0.2, 0) is 10.2 Å². The molecule has 1 fully saturated rings. The van der Waals surface area contributed by atoms with Gasteiger partial charge in [-0.2, -0.15) is 0 Å². The van der Waals surface area contributed by atoms with E-state index < -0.39 is 5.41 Å². The fourth-order valence-corrected chi connectivity index (χ4v) is 3.33. The number of hydrogen-bond acceptors (Lipinski definition) is 3. The van der Waals surface area contributed by atoms with Crippen molar-refractivity contribution in [3.8, 4) is 0 Å². The van der Waals surface area contributed by atoms with E-state index in [2.05, 4.69) is 10.3 Å². The molecular formula is C19H17FN2O2. The van der Waals surface area contributed by atoms with Gasteiger partial charge in [0.1, 0.15) is 11.3 Å². The van der Waals surface area contributed by atoms with Gasteiger partial charge < -0.3 is 9.73 Å². The van der Waals surface area contributed by atoms with Gasteiger partial charge in [0.05, 0.1) is 5.41 Å². The van der Waals surface area contributed by atoms with Crippen molar-refractivity contribution in [2.24, 2.45) is 0 Å². The highest BCUT2D eigenvalue weighted by atomic mass is 19.1. The highest BCUT2D eigenvalue weighted by Gasteiger charge is 2.45. The topological polar surface area (TPSA) is 55.1 Å². The van der Waals surface area contributed by atoms with E-state index in [0.717, 1.165) is 24.8 Å². The lowest BCUT2D eigenvalue weighted by Crippen LogP contribution is -2.46. The minimum atomic E-state index is -0.642. The molecule has 1 N–H and O–H groups in total. The van der Waals surface area contributed by atoms with Gasteiger partial charge in [-0.05, 0) is 48.7 Å². The molecule has 1 aliphatic rings. The molecule has 0 unspecified atom stereocenters. The van der Waals surface area contributed by atoms with E-state index >= 15 is 0 Å². The van der Waals surface area contributed by atoms with Crippen LogP contribution in [-0.4, -0.2) is 10.9 Å². The van der Waals surface area contributed by atoms with E-state index in [1.807, 2.05) is 6.07 Å². The predicted octanol–water partition coefficient (Wildman–Crippen LogP) is 4.34. The minimum Gasteiger partial charge on any atom is -0.441 e. The molecule has 122 valence electrons. The van der Waals surface area contributed by atoms with E-state index in [9.17, 15) is 9.18 Å². The third-order valence-corrected chi connectivity index (χ3v) is 4.77. The summed E-state index contributed by atoms with van der Waals surface area (Å²) in [5.74, 6) is 0.175. The molecule has 5 heteroatoms. The quantitative estimate of drug-likeness (QED) is 0.780. The number of hydrogen-bond donors (Lipinski definition) is 1. The lowest BCUT2D eigenvalue weighted by atomic mass is 9.63. The van der Waals surface area contributed by atoms with Gasteiger partial charge in [-0.3, -0.25) is 4.79 Å². The largest absolute Gasteiger partial charge is 0.441 e. The highest BCUT2D eigenvalue weighted by Crippen LogP contribution is 2.44. The molecule has 0 spiro atoms. The van der Waals surface area contributed by atoms with Crippen molar-refractivity contribution >= 4 is 22.7 Å². The van der Waals surface area contributed by atoms with Crippen molar-refractivity contribution in [3.63, 3.8) is 0 Å². The molecule has 0 radical (unpaired) electrons. The van der Waals surface area contributed by atoms with Crippen molar-refractivity contribution in [1.82, 2.24) is 4.98 Å². The Kier molecular flexibility index (Phi) is 3.37. The van der Waals surface area contributed by atoms with Gasteiger partial charge >= 0.3 is 0 Å². The maximum absolute atomic E-state index is 13.6. The lowest BCUT2D eigenvalue weighted by molar-refractivity contribution is -0.124. The maximum atomic E-state index is 13.6. The zero-order valence-corrected chi connectivity index (χ0v) is 13.3. The second-order valence-corrected chi connectivity index (χ2v) is 6.32. The van der Waals surface area contributed by atoms with Crippen LogP contribution >= 0.6 is 0 Å². The summed E-state index contributed by atoms with van der Waals surface area (Å²) in [7, 11) is 0. The summed E-state index contributed by atoms with van der Waals surface area (Å²) in [6.45, 7) is 1.78. The normalized spacial score (nSPS) is 15.9. The van der Waals surface area contributed by atoms with Crippen LogP contribution in [0.15, 0.2) is 46.9 Å². The Labute approximate surface area is 138 Å². The SMILES string of the molecule is Cc1nc2cc(NC(=O)C3(c4cccc(F)c4)CCC3)ccc2o1. The molecule has 4 rings (SSSR count). The zero-order chi connectivity index (χ0) is 16.7. The third-order valence-electron chi connectivity index (χ3n) is 4.77. The Morgan fingerprint density at radius 1 is 1.25 bits per heavy atom. The van der Waals surface area contributed by atoms with Crippen molar-refractivity contribution < 1.29 is 13.6 Å². The number of rotatable bonds is 3. The van der Waals surface area contributed by atoms with Gasteiger partial charge in [0.25, 0.3) is 0 Å². The number of aromatic nitrogens is 1. The number of carbonyl (C=O) groups is 1.